The molecule has 0 aliphatic rings. The van der Waals surface area contributed by atoms with Gasteiger partial charge >= 0.3 is 0 Å². The molecule has 0 atom stereocenters. The maximum Gasteiger partial charge on any atom is 0.283 e. The van der Waals surface area contributed by atoms with Crippen LogP contribution in [0, 0.1) is 0 Å². The summed E-state index contributed by atoms with van der Waals surface area (Å²) in [5, 5.41) is 0. The SMILES string of the molecule is C=C(On1ccccc1=O)N(C)C. The average molecular weight is 180 g/mol. The van der Waals surface area contributed by atoms with Crippen molar-refractivity contribution in [3.05, 3.63) is 47.2 Å². The first kappa shape index (κ1) is 9.38. The van der Waals surface area contributed by atoms with E-state index in [4.69, 9.17) is 4.84 Å². The molecule has 0 spiro atoms. The zero-order valence-corrected chi connectivity index (χ0v) is 7.73. The maximum atomic E-state index is 11.2. The fourth-order valence-corrected chi connectivity index (χ4v) is 0.683. The molecule has 0 aromatic carbocycles. The molecule has 0 radical (unpaired) electrons. The molecule has 4 heteroatoms. The zero-order chi connectivity index (χ0) is 9.84. The highest BCUT2D eigenvalue weighted by Gasteiger charge is 1.99. The molecule has 13 heavy (non-hydrogen) atoms. The fourth-order valence-electron chi connectivity index (χ4n) is 0.683. The molecule has 0 aliphatic heterocycles. The molecule has 0 saturated heterocycles. The summed E-state index contributed by atoms with van der Waals surface area (Å²) < 4.78 is 1.13. The van der Waals surface area contributed by atoms with Crippen LogP contribution in [0.3, 0.4) is 0 Å². The van der Waals surface area contributed by atoms with Gasteiger partial charge in [-0.05, 0) is 12.6 Å². The third-order valence-corrected chi connectivity index (χ3v) is 1.49. The van der Waals surface area contributed by atoms with Crippen molar-refractivity contribution in [3.63, 3.8) is 0 Å². The highest BCUT2D eigenvalue weighted by molar-refractivity contribution is 4.92. The monoisotopic (exact) mass is 180 g/mol. The molecule has 4 nitrogen and oxygen atoms in total. The Labute approximate surface area is 76.6 Å². The first-order valence-corrected chi connectivity index (χ1v) is 3.83. The van der Waals surface area contributed by atoms with E-state index in [1.165, 1.54) is 12.3 Å². The second-order valence-corrected chi connectivity index (χ2v) is 2.74. The van der Waals surface area contributed by atoms with Crippen LogP contribution < -0.4 is 10.4 Å². The van der Waals surface area contributed by atoms with Gasteiger partial charge in [-0.15, -0.1) is 4.73 Å². The summed E-state index contributed by atoms with van der Waals surface area (Å²) in [5.41, 5.74) is -0.217. The Morgan fingerprint density at radius 1 is 1.54 bits per heavy atom. The molecule has 0 unspecified atom stereocenters. The first-order valence-electron chi connectivity index (χ1n) is 3.83. The van der Waals surface area contributed by atoms with Crippen molar-refractivity contribution in [2.75, 3.05) is 14.1 Å². The van der Waals surface area contributed by atoms with E-state index < -0.39 is 0 Å². The highest BCUT2D eigenvalue weighted by Crippen LogP contribution is 1.91. The molecule has 1 heterocycles. The lowest BCUT2D eigenvalue weighted by Gasteiger charge is -2.15. The lowest BCUT2D eigenvalue weighted by molar-refractivity contribution is 0.113. The van der Waals surface area contributed by atoms with Crippen molar-refractivity contribution < 1.29 is 4.84 Å². The number of hydrogen-bond donors (Lipinski definition) is 0. The second kappa shape index (κ2) is 3.80. The molecule has 0 N–H and O–H groups in total. The van der Waals surface area contributed by atoms with Crippen molar-refractivity contribution in [3.8, 4) is 0 Å². The highest BCUT2D eigenvalue weighted by atomic mass is 16.7. The normalized spacial score (nSPS) is 9.38. The quantitative estimate of drug-likeness (QED) is 0.628. The summed E-state index contributed by atoms with van der Waals surface area (Å²) in [6.07, 6.45) is 1.54. The van der Waals surface area contributed by atoms with Crippen LogP contribution in [0.2, 0.25) is 0 Å². The number of pyridine rings is 1. The Morgan fingerprint density at radius 3 is 2.77 bits per heavy atom. The van der Waals surface area contributed by atoms with E-state index in [0.29, 0.717) is 5.88 Å². The maximum absolute atomic E-state index is 11.2. The van der Waals surface area contributed by atoms with E-state index in [-0.39, 0.29) is 5.56 Å². The number of rotatable bonds is 3. The smallest absolute Gasteiger partial charge is 0.283 e. The van der Waals surface area contributed by atoms with Gasteiger partial charge in [-0.2, -0.15) is 0 Å². The van der Waals surface area contributed by atoms with Crippen LogP contribution in [0.4, 0.5) is 0 Å². The van der Waals surface area contributed by atoms with Crippen LogP contribution in [-0.4, -0.2) is 23.7 Å². The summed E-state index contributed by atoms with van der Waals surface area (Å²) in [7, 11) is 3.58. The Kier molecular flexibility index (Phi) is 2.74. The molecule has 70 valence electrons. The minimum absolute atomic E-state index is 0.217. The first-order chi connectivity index (χ1) is 6.11. The third-order valence-electron chi connectivity index (χ3n) is 1.49. The number of nitrogens with zero attached hydrogens (tertiary/aromatic N) is 2. The molecule has 0 bridgehead atoms. The van der Waals surface area contributed by atoms with Gasteiger partial charge in [0.1, 0.15) is 0 Å². The summed E-state index contributed by atoms with van der Waals surface area (Å²) in [5.74, 6) is 0.410. The van der Waals surface area contributed by atoms with E-state index in [9.17, 15) is 4.79 Å². The summed E-state index contributed by atoms with van der Waals surface area (Å²) >= 11 is 0. The van der Waals surface area contributed by atoms with Crippen LogP contribution in [0.15, 0.2) is 41.7 Å². The van der Waals surface area contributed by atoms with Gasteiger partial charge in [0, 0.05) is 26.4 Å². The Balaban J connectivity index is 2.81. The van der Waals surface area contributed by atoms with Crippen molar-refractivity contribution in [1.29, 1.82) is 0 Å². The molecule has 0 fully saturated rings. The summed E-state index contributed by atoms with van der Waals surface area (Å²) in [6.45, 7) is 3.63. The Bertz CT molecular complexity index is 355. The van der Waals surface area contributed by atoms with Gasteiger partial charge in [0.2, 0.25) is 5.88 Å². The Morgan fingerprint density at radius 2 is 2.23 bits per heavy atom. The van der Waals surface area contributed by atoms with Crippen LogP contribution in [0.1, 0.15) is 0 Å². The second-order valence-electron chi connectivity index (χ2n) is 2.74. The van der Waals surface area contributed by atoms with Crippen molar-refractivity contribution in [2.45, 2.75) is 0 Å². The predicted octanol–water partition coefficient (Wildman–Crippen LogP) is 0.310. The topological polar surface area (TPSA) is 34.5 Å². The van der Waals surface area contributed by atoms with E-state index in [0.717, 1.165) is 4.73 Å². The molecule has 0 amide bonds. The summed E-state index contributed by atoms with van der Waals surface area (Å²) in [6, 6.07) is 4.79. The van der Waals surface area contributed by atoms with E-state index in [2.05, 4.69) is 6.58 Å². The molecular weight excluding hydrogens is 168 g/mol. The largest absolute Gasteiger partial charge is 0.355 e. The van der Waals surface area contributed by atoms with Gasteiger partial charge in [-0.25, -0.2) is 0 Å². The average Bonchev–Trinajstić information content (AvgIpc) is 2.08. The third kappa shape index (κ3) is 2.37. The lowest BCUT2D eigenvalue weighted by atomic mass is 10.5. The molecule has 0 saturated carbocycles. The summed E-state index contributed by atoms with van der Waals surface area (Å²) in [4.78, 5) is 18.0. The lowest BCUT2D eigenvalue weighted by Crippen LogP contribution is -2.29. The van der Waals surface area contributed by atoms with E-state index in [1.54, 1.807) is 31.1 Å². The fraction of sp³-hybridized carbons (Fsp3) is 0.222. The Hall–Kier alpha value is -1.71. The molecule has 1 aromatic rings. The van der Waals surface area contributed by atoms with Crippen molar-refractivity contribution >= 4 is 0 Å². The van der Waals surface area contributed by atoms with Gasteiger partial charge in [0.25, 0.3) is 5.56 Å². The zero-order valence-electron chi connectivity index (χ0n) is 7.73. The van der Waals surface area contributed by atoms with Crippen molar-refractivity contribution in [1.82, 2.24) is 9.63 Å². The van der Waals surface area contributed by atoms with Crippen LogP contribution >= 0.6 is 0 Å². The van der Waals surface area contributed by atoms with Crippen molar-refractivity contribution in [2.24, 2.45) is 0 Å². The van der Waals surface area contributed by atoms with E-state index in [1.807, 2.05) is 0 Å². The predicted molar refractivity (Wildman–Crippen MR) is 50.1 cm³/mol. The van der Waals surface area contributed by atoms with Gasteiger partial charge in [0.05, 0.1) is 0 Å². The molecule has 0 aliphatic carbocycles. The van der Waals surface area contributed by atoms with Gasteiger partial charge < -0.3 is 9.74 Å². The van der Waals surface area contributed by atoms with Gasteiger partial charge in [0.15, 0.2) is 0 Å². The number of hydrogen-bond acceptors (Lipinski definition) is 3. The van der Waals surface area contributed by atoms with Gasteiger partial charge in [-0.3, -0.25) is 4.79 Å². The van der Waals surface area contributed by atoms with E-state index >= 15 is 0 Å². The standard InChI is InChI=1S/C9H12N2O2/c1-8(10(2)3)13-11-7-5-4-6-9(11)12/h4-7H,1H2,2-3H3. The molecular formula is C9H12N2O2. The molecule has 1 rings (SSSR count). The van der Waals surface area contributed by atoms with Crippen LogP contribution in [-0.2, 0) is 0 Å². The minimum atomic E-state index is -0.217. The minimum Gasteiger partial charge on any atom is -0.355 e. The van der Waals surface area contributed by atoms with Crippen LogP contribution in [0.25, 0.3) is 0 Å². The van der Waals surface area contributed by atoms with Gasteiger partial charge in [-0.1, -0.05) is 6.07 Å². The molecule has 1 aromatic heterocycles. The number of aromatic nitrogens is 1. The van der Waals surface area contributed by atoms with Crippen LogP contribution in [0.5, 0.6) is 0 Å².